The van der Waals surface area contributed by atoms with Crippen molar-refractivity contribution in [2.75, 3.05) is 12.5 Å². The predicted molar refractivity (Wildman–Crippen MR) is 53.8 cm³/mol. The molecular weight excluding hydrogens is 176 g/mol. The first-order valence-corrected chi connectivity index (χ1v) is 7.86. The fourth-order valence-electron chi connectivity index (χ4n) is 1.34. The Balaban J connectivity index is 3.70. The third kappa shape index (κ3) is 5.71. The molecule has 0 aromatic rings. The molecule has 1 unspecified atom stereocenters. The van der Waals surface area contributed by atoms with E-state index in [-0.39, 0.29) is 0 Å². The molecule has 0 bridgehead atoms. The van der Waals surface area contributed by atoms with Crippen LogP contribution in [0.25, 0.3) is 0 Å². The van der Waals surface area contributed by atoms with Crippen LogP contribution in [0.1, 0.15) is 13.8 Å². The first kappa shape index (κ1) is 11.5. The van der Waals surface area contributed by atoms with Gasteiger partial charge in [-0.05, 0) is 32.0 Å². The number of hydrogen-bond donors (Lipinski definition) is 0. The van der Waals surface area contributed by atoms with E-state index in [0.29, 0.717) is 5.92 Å². The Labute approximate surface area is 76.2 Å². The fourth-order valence-corrected chi connectivity index (χ4v) is 4.36. The van der Waals surface area contributed by atoms with Crippen molar-refractivity contribution in [2.45, 2.75) is 33.0 Å². The molecule has 0 spiro atoms. The second kappa shape index (κ2) is 5.17. The molecule has 0 aliphatic heterocycles. The van der Waals surface area contributed by atoms with Crippen molar-refractivity contribution >= 4 is 19.9 Å². The van der Waals surface area contributed by atoms with Gasteiger partial charge in [0.1, 0.15) is 0 Å². The Bertz CT molecular complexity index is 106. The zero-order valence-corrected chi connectivity index (χ0v) is 9.74. The van der Waals surface area contributed by atoms with Gasteiger partial charge in [-0.1, -0.05) is 6.92 Å². The molecule has 68 valence electrons. The lowest BCUT2D eigenvalue weighted by Gasteiger charge is -2.24. The summed E-state index contributed by atoms with van der Waals surface area (Å²) in [5.41, 5.74) is 0. The molecule has 0 saturated carbocycles. The molecule has 0 aromatic heterocycles. The van der Waals surface area contributed by atoms with Crippen LogP contribution in [0.15, 0.2) is 0 Å². The molecule has 0 amide bonds. The van der Waals surface area contributed by atoms with Gasteiger partial charge in [0.15, 0.2) is 8.32 Å². The lowest BCUT2D eigenvalue weighted by atomic mass is 10.3. The van der Waals surface area contributed by atoms with Crippen LogP contribution < -0.4 is 0 Å². The minimum absolute atomic E-state index is 0.602. The molecule has 1 atom stereocenters. The highest BCUT2D eigenvalue weighted by atomic mass is 35.5. The Morgan fingerprint density at radius 2 is 2.00 bits per heavy atom. The summed E-state index contributed by atoms with van der Waals surface area (Å²) in [5, 5.41) is 0. The molecule has 0 radical (unpaired) electrons. The minimum Gasteiger partial charge on any atom is -0.418 e. The molecule has 0 aliphatic rings. The van der Waals surface area contributed by atoms with Gasteiger partial charge < -0.3 is 4.43 Å². The van der Waals surface area contributed by atoms with Gasteiger partial charge in [-0.15, -0.1) is 11.6 Å². The summed E-state index contributed by atoms with van der Waals surface area (Å²) in [6.45, 7) is 9.58. The molecule has 0 aliphatic carbocycles. The van der Waals surface area contributed by atoms with Crippen molar-refractivity contribution in [1.82, 2.24) is 0 Å². The van der Waals surface area contributed by atoms with Crippen molar-refractivity contribution < 1.29 is 4.43 Å². The maximum atomic E-state index is 5.72. The molecule has 0 rings (SSSR count). The average Bonchev–Trinajstić information content (AvgIpc) is 1.86. The average molecular weight is 195 g/mol. The summed E-state index contributed by atoms with van der Waals surface area (Å²) in [7, 11) is -1.37. The van der Waals surface area contributed by atoms with Gasteiger partial charge >= 0.3 is 0 Å². The Morgan fingerprint density at radius 1 is 1.45 bits per heavy atom. The maximum absolute atomic E-state index is 5.72. The van der Waals surface area contributed by atoms with Gasteiger partial charge in [0.05, 0.1) is 0 Å². The van der Waals surface area contributed by atoms with Gasteiger partial charge in [-0.3, -0.25) is 0 Å². The van der Waals surface area contributed by atoms with Crippen LogP contribution in [0, 0.1) is 5.92 Å². The largest absolute Gasteiger partial charge is 0.418 e. The van der Waals surface area contributed by atoms with Crippen LogP contribution in [0.3, 0.4) is 0 Å². The number of halogens is 1. The van der Waals surface area contributed by atoms with Crippen LogP contribution in [0.5, 0.6) is 0 Å². The van der Waals surface area contributed by atoms with Gasteiger partial charge in [0.2, 0.25) is 0 Å². The van der Waals surface area contributed by atoms with Gasteiger partial charge in [-0.25, -0.2) is 0 Å². The monoisotopic (exact) mass is 194 g/mol. The van der Waals surface area contributed by atoms with E-state index in [1.165, 1.54) is 6.04 Å². The molecular formula is C8H19ClOSi. The molecule has 0 aromatic carbocycles. The summed E-state index contributed by atoms with van der Waals surface area (Å²) >= 11 is 5.72. The molecule has 0 fully saturated rings. The van der Waals surface area contributed by atoms with Gasteiger partial charge in [0.25, 0.3) is 0 Å². The van der Waals surface area contributed by atoms with Crippen LogP contribution in [-0.2, 0) is 4.43 Å². The molecule has 3 heteroatoms. The third-order valence-electron chi connectivity index (χ3n) is 1.64. The van der Waals surface area contributed by atoms with E-state index < -0.39 is 8.32 Å². The molecule has 0 heterocycles. The SMILES string of the molecule is CCO[Si](C)(C)CC(C)CCl. The van der Waals surface area contributed by atoms with E-state index in [2.05, 4.69) is 26.9 Å². The van der Waals surface area contributed by atoms with E-state index >= 15 is 0 Å². The quantitative estimate of drug-likeness (QED) is 0.483. The normalized spacial score (nSPS) is 15.0. The van der Waals surface area contributed by atoms with E-state index in [9.17, 15) is 0 Å². The topological polar surface area (TPSA) is 9.23 Å². The van der Waals surface area contributed by atoms with E-state index in [1.807, 2.05) is 0 Å². The van der Waals surface area contributed by atoms with Crippen LogP contribution in [0.2, 0.25) is 19.1 Å². The van der Waals surface area contributed by atoms with E-state index in [4.69, 9.17) is 16.0 Å². The molecule has 0 N–H and O–H groups in total. The first-order chi connectivity index (χ1) is 5.02. The lowest BCUT2D eigenvalue weighted by molar-refractivity contribution is 0.324. The Morgan fingerprint density at radius 3 is 2.36 bits per heavy atom. The molecule has 1 nitrogen and oxygen atoms in total. The standard InChI is InChI=1S/C8H19ClOSi/c1-5-10-11(3,4)7-8(2)6-9/h8H,5-7H2,1-4H3. The van der Waals surface area contributed by atoms with E-state index in [0.717, 1.165) is 12.5 Å². The van der Waals surface area contributed by atoms with E-state index in [1.54, 1.807) is 0 Å². The second-order valence-corrected chi connectivity index (χ2v) is 8.18. The van der Waals surface area contributed by atoms with Crippen molar-refractivity contribution in [2.24, 2.45) is 5.92 Å². The number of alkyl halides is 1. The highest BCUT2D eigenvalue weighted by molar-refractivity contribution is 6.71. The number of hydrogen-bond acceptors (Lipinski definition) is 1. The summed E-state index contributed by atoms with van der Waals surface area (Å²) < 4.78 is 5.68. The Hall–Kier alpha value is 0.467. The highest BCUT2D eigenvalue weighted by Gasteiger charge is 2.23. The first-order valence-electron chi connectivity index (χ1n) is 4.21. The summed E-state index contributed by atoms with van der Waals surface area (Å²) in [5.74, 6) is 1.36. The van der Waals surface area contributed by atoms with Crippen LogP contribution in [0.4, 0.5) is 0 Å². The van der Waals surface area contributed by atoms with Crippen LogP contribution in [-0.4, -0.2) is 20.8 Å². The van der Waals surface area contributed by atoms with Crippen molar-refractivity contribution in [3.63, 3.8) is 0 Å². The van der Waals surface area contributed by atoms with Crippen LogP contribution >= 0.6 is 11.6 Å². The van der Waals surface area contributed by atoms with Crippen molar-refractivity contribution in [3.05, 3.63) is 0 Å². The zero-order valence-electron chi connectivity index (χ0n) is 7.98. The van der Waals surface area contributed by atoms with Gasteiger partial charge in [-0.2, -0.15) is 0 Å². The third-order valence-corrected chi connectivity index (χ3v) is 4.92. The minimum atomic E-state index is -1.37. The summed E-state index contributed by atoms with van der Waals surface area (Å²) in [6, 6.07) is 1.17. The summed E-state index contributed by atoms with van der Waals surface area (Å²) in [6.07, 6.45) is 0. The van der Waals surface area contributed by atoms with Crippen molar-refractivity contribution in [1.29, 1.82) is 0 Å². The number of rotatable bonds is 5. The van der Waals surface area contributed by atoms with Gasteiger partial charge in [0, 0.05) is 12.5 Å². The smallest absolute Gasteiger partial charge is 0.186 e. The fraction of sp³-hybridized carbons (Fsp3) is 1.00. The van der Waals surface area contributed by atoms with Crippen molar-refractivity contribution in [3.8, 4) is 0 Å². The predicted octanol–water partition coefficient (Wildman–Crippen LogP) is 3.10. The molecule has 0 saturated heterocycles. The maximum Gasteiger partial charge on any atom is 0.186 e. The lowest BCUT2D eigenvalue weighted by Crippen LogP contribution is -2.32. The second-order valence-electron chi connectivity index (χ2n) is 3.66. The Kier molecular flexibility index (Phi) is 5.39. The summed E-state index contributed by atoms with van der Waals surface area (Å²) in [4.78, 5) is 0. The zero-order chi connectivity index (χ0) is 8.91. The highest BCUT2D eigenvalue weighted by Crippen LogP contribution is 2.18. The molecule has 11 heavy (non-hydrogen) atoms.